The quantitative estimate of drug-likeness (QED) is 0.576. The fraction of sp³-hybridized carbons (Fsp3) is 0.857. The number of hydrogen-bond acceptors (Lipinski definition) is 1. The first-order valence-electron chi connectivity index (χ1n) is 6.97. The molecule has 0 spiro atoms. The Morgan fingerprint density at radius 1 is 0.882 bits per heavy atom. The molecule has 0 radical (unpaired) electrons. The van der Waals surface area contributed by atoms with Crippen molar-refractivity contribution in [2.24, 2.45) is 0 Å². The number of hydrogen-bond donors (Lipinski definition) is 0. The van der Waals surface area contributed by atoms with Crippen LogP contribution in [0.25, 0.3) is 0 Å². The maximum absolute atomic E-state index is 2.52. The second-order valence-electron chi connectivity index (χ2n) is 6.46. The van der Waals surface area contributed by atoms with Gasteiger partial charge in [0.2, 0.25) is 0 Å². The Morgan fingerprint density at radius 2 is 1.41 bits per heavy atom. The van der Waals surface area contributed by atoms with Crippen LogP contribution in [0.3, 0.4) is 0 Å². The highest BCUT2D eigenvalue weighted by atomic mass is 32.5. The molecule has 0 N–H and O–H groups in total. The molecule has 0 saturated heterocycles. The van der Waals surface area contributed by atoms with E-state index in [1.54, 1.807) is 20.2 Å². The van der Waals surface area contributed by atoms with Crippen molar-refractivity contribution in [3.8, 4) is 0 Å². The predicted octanol–water partition coefficient (Wildman–Crippen LogP) is 6.57. The molecule has 0 atom stereocenters. The van der Waals surface area contributed by atoms with Gasteiger partial charge in [-0.25, -0.2) is 0 Å². The van der Waals surface area contributed by atoms with Crippen LogP contribution in [0.4, 0.5) is 0 Å². The van der Waals surface area contributed by atoms with Crippen LogP contribution in [0, 0.1) is 0 Å². The van der Waals surface area contributed by atoms with Crippen molar-refractivity contribution in [3.05, 3.63) is 9.64 Å². The molecule has 0 unspecified atom stereocenters. The van der Waals surface area contributed by atoms with Crippen molar-refractivity contribution in [2.75, 3.05) is 0 Å². The lowest BCUT2D eigenvalue weighted by molar-refractivity contribution is 0.506. The average Bonchev–Trinajstić information content (AvgIpc) is 2.97. The third kappa shape index (κ3) is 2.24. The molecule has 3 heteroatoms. The molecule has 2 aliphatic carbocycles. The van der Waals surface area contributed by atoms with Crippen molar-refractivity contribution < 1.29 is 0 Å². The van der Waals surface area contributed by atoms with Gasteiger partial charge in [-0.05, 0) is 33.1 Å². The number of rotatable bonds is 2. The Hall–Kier alpha value is 0.560. The van der Waals surface area contributed by atoms with Crippen molar-refractivity contribution in [2.45, 2.75) is 76.0 Å². The molecule has 0 amide bonds. The first-order valence-corrected chi connectivity index (χ1v) is 10.2. The van der Waals surface area contributed by atoms with E-state index in [4.69, 9.17) is 0 Å². The van der Waals surface area contributed by atoms with Gasteiger partial charge in [0, 0.05) is 20.5 Å². The summed E-state index contributed by atoms with van der Waals surface area (Å²) in [6, 6.07) is 0. The van der Waals surface area contributed by atoms with Crippen LogP contribution in [0.15, 0.2) is 0 Å². The maximum Gasteiger partial charge on any atom is 0.0429 e. The van der Waals surface area contributed by atoms with E-state index in [1.165, 1.54) is 51.4 Å². The molecule has 1 heterocycles. The lowest BCUT2D eigenvalue weighted by Crippen LogP contribution is -2.14. The standard InChI is InChI=1S/C14H22P2S/c1-13(7-3-4-8-13)11-15-12(17-16-11)14(2)9-5-6-10-14/h3-10H2,1-2H3. The topological polar surface area (TPSA) is 0 Å². The molecule has 2 fully saturated rings. The summed E-state index contributed by atoms with van der Waals surface area (Å²) in [6.07, 6.45) is 11.6. The molecule has 17 heavy (non-hydrogen) atoms. The van der Waals surface area contributed by atoms with E-state index >= 15 is 0 Å². The van der Waals surface area contributed by atoms with Gasteiger partial charge in [0.15, 0.2) is 0 Å². The fourth-order valence-electron chi connectivity index (χ4n) is 3.46. The molecule has 94 valence electrons. The SMILES string of the molecule is CC1(c2psc(C3(C)CCCC3)p2)CCCC1. The Labute approximate surface area is 112 Å². The predicted molar refractivity (Wildman–Crippen MR) is 81.0 cm³/mol. The zero-order valence-corrected chi connectivity index (χ0v) is 13.6. The van der Waals surface area contributed by atoms with E-state index in [9.17, 15) is 0 Å². The Kier molecular flexibility index (Phi) is 3.40. The fourth-order valence-corrected chi connectivity index (χ4v) is 10.1. The lowest BCUT2D eigenvalue weighted by atomic mass is 9.91. The highest BCUT2D eigenvalue weighted by molar-refractivity contribution is 7.87. The van der Waals surface area contributed by atoms with Gasteiger partial charge in [-0.1, -0.05) is 47.7 Å². The minimum atomic E-state index is 0.579. The molecule has 0 nitrogen and oxygen atoms in total. The van der Waals surface area contributed by atoms with Crippen molar-refractivity contribution >= 4 is 26.5 Å². The van der Waals surface area contributed by atoms with Crippen LogP contribution in [-0.4, -0.2) is 0 Å². The second-order valence-corrected chi connectivity index (χ2v) is 10.5. The van der Waals surface area contributed by atoms with E-state index < -0.39 is 0 Å². The van der Waals surface area contributed by atoms with Crippen LogP contribution >= 0.6 is 26.5 Å². The Balaban J connectivity index is 1.87. The van der Waals surface area contributed by atoms with Gasteiger partial charge in [0.25, 0.3) is 0 Å². The first-order chi connectivity index (χ1) is 8.12. The molecule has 1 aromatic heterocycles. The first kappa shape index (κ1) is 12.6. The van der Waals surface area contributed by atoms with E-state index in [0.29, 0.717) is 10.8 Å². The summed E-state index contributed by atoms with van der Waals surface area (Å²) in [4.78, 5) is 0. The maximum atomic E-state index is 2.52. The zero-order valence-electron chi connectivity index (χ0n) is 11.0. The molecule has 0 aliphatic heterocycles. The smallest absolute Gasteiger partial charge is 0.0429 e. The summed E-state index contributed by atoms with van der Waals surface area (Å²) in [5.41, 5.74) is 1.17. The zero-order chi connectivity index (χ0) is 11.9. The summed E-state index contributed by atoms with van der Waals surface area (Å²) < 4.78 is 1.81. The molecular formula is C14H22P2S. The molecular weight excluding hydrogens is 262 g/mol. The van der Waals surface area contributed by atoms with E-state index in [-0.39, 0.29) is 0 Å². The van der Waals surface area contributed by atoms with Gasteiger partial charge >= 0.3 is 0 Å². The third-order valence-electron chi connectivity index (χ3n) is 4.90. The highest BCUT2D eigenvalue weighted by Gasteiger charge is 2.36. The van der Waals surface area contributed by atoms with Crippen LogP contribution in [0.5, 0.6) is 0 Å². The van der Waals surface area contributed by atoms with E-state index in [0.717, 1.165) is 0 Å². The molecule has 0 aromatic carbocycles. The molecule has 0 bridgehead atoms. The largest absolute Gasteiger partial charge is 0.111 e. The van der Waals surface area contributed by atoms with Gasteiger partial charge < -0.3 is 0 Å². The normalized spacial score (nSPS) is 27.4. The van der Waals surface area contributed by atoms with E-state index in [2.05, 4.69) is 24.8 Å². The van der Waals surface area contributed by atoms with Gasteiger partial charge in [-0.15, -0.1) is 10.9 Å². The van der Waals surface area contributed by atoms with Gasteiger partial charge in [0.1, 0.15) is 0 Å². The van der Waals surface area contributed by atoms with Crippen molar-refractivity contribution in [3.63, 3.8) is 0 Å². The Bertz CT molecular complexity index is 362. The van der Waals surface area contributed by atoms with Crippen LogP contribution < -0.4 is 0 Å². The minimum Gasteiger partial charge on any atom is -0.111 e. The average molecular weight is 284 g/mol. The minimum absolute atomic E-state index is 0.579. The monoisotopic (exact) mass is 284 g/mol. The van der Waals surface area contributed by atoms with Crippen molar-refractivity contribution in [1.29, 1.82) is 0 Å². The molecule has 2 aliphatic rings. The van der Waals surface area contributed by atoms with Gasteiger partial charge in [-0.3, -0.25) is 0 Å². The summed E-state index contributed by atoms with van der Waals surface area (Å²) in [7, 11) is 5.40. The van der Waals surface area contributed by atoms with E-state index in [1.807, 2.05) is 5.03 Å². The highest BCUT2D eigenvalue weighted by Crippen LogP contribution is 2.56. The van der Waals surface area contributed by atoms with Gasteiger partial charge in [-0.2, -0.15) is 0 Å². The second kappa shape index (κ2) is 4.59. The third-order valence-corrected chi connectivity index (χ3v) is 11.2. The van der Waals surface area contributed by atoms with Gasteiger partial charge in [0.05, 0.1) is 0 Å². The van der Waals surface area contributed by atoms with Crippen molar-refractivity contribution in [1.82, 2.24) is 0 Å². The summed E-state index contributed by atoms with van der Waals surface area (Å²) in [5.74, 6) is 0. The summed E-state index contributed by atoms with van der Waals surface area (Å²) in [6.45, 7) is 5.04. The lowest BCUT2D eigenvalue weighted by Gasteiger charge is -2.23. The van der Waals surface area contributed by atoms with Crippen LogP contribution in [-0.2, 0) is 10.8 Å². The summed E-state index contributed by atoms with van der Waals surface area (Å²) >= 11 is 0. The Morgan fingerprint density at radius 3 is 2.00 bits per heavy atom. The van der Waals surface area contributed by atoms with Crippen LogP contribution in [0.2, 0.25) is 0 Å². The molecule has 1 aromatic rings. The van der Waals surface area contributed by atoms with Crippen LogP contribution in [0.1, 0.15) is 74.9 Å². The molecule has 2 saturated carbocycles. The molecule has 3 rings (SSSR count). The summed E-state index contributed by atoms with van der Waals surface area (Å²) in [5, 5.41) is 1.84.